The highest BCUT2D eigenvalue weighted by molar-refractivity contribution is 5.97. The number of hydrogen-bond donors (Lipinski definition) is 2. The maximum atomic E-state index is 12.0. The zero-order valence-corrected chi connectivity index (χ0v) is 11.4. The van der Waals surface area contributed by atoms with E-state index in [-0.39, 0.29) is 11.9 Å². The van der Waals surface area contributed by atoms with Gasteiger partial charge in [-0.15, -0.1) is 0 Å². The van der Waals surface area contributed by atoms with Gasteiger partial charge in [0, 0.05) is 18.6 Å². The van der Waals surface area contributed by atoms with Crippen LogP contribution in [0, 0.1) is 5.92 Å². The van der Waals surface area contributed by atoms with E-state index in [1.165, 1.54) is 0 Å². The fourth-order valence-electron chi connectivity index (χ4n) is 2.80. The molecule has 0 saturated carbocycles. The van der Waals surface area contributed by atoms with E-state index in [0.717, 1.165) is 25.0 Å². The Morgan fingerprint density at radius 1 is 1.35 bits per heavy atom. The smallest absolute Gasteiger partial charge is 0.255 e. The van der Waals surface area contributed by atoms with Crippen LogP contribution in [0.25, 0.3) is 0 Å². The molecule has 1 fully saturated rings. The SMILES string of the molecule is NC(c1ccc2c(c1)C(=O)NCCO2)C1CCCOC1. The first-order chi connectivity index (χ1) is 9.75. The molecule has 0 aliphatic carbocycles. The number of carbonyl (C=O) groups is 1. The molecule has 1 aromatic rings. The summed E-state index contributed by atoms with van der Waals surface area (Å²) in [5.74, 6) is 0.860. The van der Waals surface area contributed by atoms with Crippen molar-refractivity contribution in [3.63, 3.8) is 0 Å². The van der Waals surface area contributed by atoms with Crippen LogP contribution in [0.5, 0.6) is 5.75 Å². The average molecular weight is 276 g/mol. The van der Waals surface area contributed by atoms with Crippen molar-refractivity contribution in [3.8, 4) is 5.75 Å². The number of fused-ring (bicyclic) bond motifs is 1. The van der Waals surface area contributed by atoms with Gasteiger partial charge in [-0.2, -0.15) is 0 Å². The monoisotopic (exact) mass is 276 g/mol. The standard InChI is InChI=1S/C15H20N2O3/c16-14(11-2-1-6-19-9-11)10-3-4-13-12(8-10)15(18)17-5-7-20-13/h3-4,8,11,14H,1-2,5-7,9,16H2,(H,17,18). The molecule has 0 spiro atoms. The number of benzene rings is 1. The quantitative estimate of drug-likeness (QED) is 0.852. The Morgan fingerprint density at radius 3 is 3.05 bits per heavy atom. The third kappa shape index (κ3) is 2.64. The van der Waals surface area contributed by atoms with E-state index in [9.17, 15) is 4.79 Å². The fraction of sp³-hybridized carbons (Fsp3) is 0.533. The molecule has 2 unspecified atom stereocenters. The van der Waals surface area contributed by atoms with E-state index in [2.05, 4.69) is 5.32 Å². The number of nitrogens with one attached hydrogen (secondary N) is 1. The van der Waals surface area contributed by atoms with Crippen LogP contribution in [-0.4, -0.2) is 32.3 Å². The maximum Gasteiger partial charge on any atom is 0.255 e. The molecule has 0 bridgehead atoms. The van der Waals surface area contributed by atoms with Gasteiger partial charge in [0.15, 0.2) is 0 Å². The predicted molar refractivity (Wildman–Crippen MR) is 74.7 cm³/mol. The van der Waals surface area contributed by atoms with Crippen LogP contribution in [0.2, 0.25) is 0 Å². The van der Waals surface area contributed by atoms with Crippen LogP contribution in [0.3, 0.4) is 0 Å². The van der Waals surface area contributed by atoms with Gasteiger partial charge in [0.25, 0.3) is 5.91 Å². The first-order valence-corrected chi connectivity index (χ1v) is 7.14. The summed E-state index contributed by atoms with van der Waals surface area (Å²) in [6.45, 7) is 2.55. The highest BCUT2D eigenvalue weighted by atomic mass is 16.5. The summed E-state index contributed by atoms with van der Waals surface area (Å²) >= 11 is 0. The van der Waals surface area contributed by atoms with E-state index in [4.69, 9.17) is 15.2 Å². The van der Waals surface area contributed by atoms with Gasteiger partial charge < -0.3 is 20.5 Å². The molecular formula is C15H20N2O3. The van der Waals surface area contributed by atoms with Crippen molar-refractivity contribution < 1.29 is 14.3 Å². The summed E-state index contributed by atoms with van der Waals surface area (Å²) in [7, 11) is 0. The summed E-state index contributed by atoms with van der Waals surface area (Å²) in [6, 6.07) is 5.56. The van der Waals surface area contributed by atoms with Crippen molar-refractivity contribution in [1.82, 2.24) is 5.32 Å². The van der Waals surface area contributed by atoms with Gasteiger partial charge >= 0.3 is 0 Å². The molecule has 3 rings (SSSR count). The minimum absolute atomic E-state index is 0.0913. The van der Waals surface area contributed by atoms with Crippen LogP contribution in [0.4, 0.5) is 0 Å². The van der Waals surface area contributed by atoms with Crippen molar-refractivity contribution in [2.24, 2.45) is 11.7 Å². The molecule has 5 heteroatoms. The molecule has 5 nitrogen and oxygen atoms in total. The fourth-order valence-corrected chi connectivity index (χ4v) is 2.80. The van der Waals surface area contributed by atoms with Gasteiger partial charge in [0.2, 0.25) is 0 Å². The summed E-state index contributed by atoms with van der Waals surface area (Å²) in [6.07, 6.45) is 2.12. The highest BCUT2D eigenvalue weighted by Gasteiger charge is 2.24. The third-order valence-electron chi connectivity index (χ3n) is 3.98. The van der Waals surface area contributed by atoms with Crippen LogP contribution >= 0.6 is 0 Å². The van der Waals surface area contributed by atoms with Crippen LogP contribution in [0.15, 0.2) is 18.2 Å². The molecule has 1 aromatic carbocycles. The Labute approximate surface area is 118 Å². The summed E-state index contributed by atoms with van der Waals surface area (Å²) in [5, 5.41) is 2.82. The summed E-state index contributed by atoms with van der Waals surface area (Å²) in [5.41, 5.74) is 7.88. The molecule has 1 saturated heterocycles. The second-order valence-corrected chi connectivity index (χ2v) is 5.36. The lowest BCUT2D eigenvalue weighted by atomic mass is 9.88. The molecule has 2 heterocycles. The second kappa shape index (κ2) is 5.81. The number of hydrogen-bond acceptors (Lipinski definition) is 4. The normalized spacial score (nSPS) is 24.1. The van der Waals surface area contributed by atoms with E-state index in [1.54, 1.807) is 0 Å². The number of ether oxygens (including phenoxy) is 2. The van der Waals surface area contributed by atoms with Gasteiger partial charge in [-0.25, -0.2) is 0 Å². The van der Waals surface area contributed by atoms with E-state index >= 15 is 0 Å². The molecular weight excluding hydrogens is 256 g/mol. The second-order valence-electron chi connectivity index (χ2n) is 5.36. The first-order valence-electron chi connectivity index (χ1n) is 7.14. The minimum atomic E-state index is -0.100. The molecule has 20 heavy (non-hydrogen) atoms. The Balaban J connectivity index is 1.85. The predicted octanol–water partition coefficient (Wildman–Crippen LogP) is 1.24. The van der Waals surface area contributed by atoms with Gasteiger partial charge in [0.1, 0.15) is 12.4 Å². The zero-order chi connectivity index (χ0) is 13.9. The van der Waals surface area contributed by atoms with E-state index < -0.39 is 0 Å². The number of amides is 1. The Morgan fingerprint density at radius 2 is 2.25 bits per heavy atom. The van der Waals surface area contributed by atoms with Crippen molar-refractivity contribution in [1.29, 1.82) is 0 Å². The third-order valence-corrected chi connectivity index (χ3v) is 3.98. The minimum Gasteiger partial charge on any atom is -0.491 e. The van der Waals surface area contributed by atoms with Crippen LogP contribution < -0.4 is 15.8 Å². The zero-order valence-electron chi connectivity index (χ0n) is 11.4. The maximum absolute atomic E-state index is 12.0. The average Bonchev–Trinajstić information content (AvgIpc) is 2.69. The lowest BCUT2D eigenvalue weighted by Crippen LogP contribution is -2.29. The molecule has 1 amide bonds. The number of carbonyl (C=O) groups excluding carboxylic acids is 1. The van der Waals surface area contributed by atoms with E-state index in [1.807, 2.05) is 18.2 Å². The molecule has 0 aromatic heterocycles. The number of rotatable bonds is 2. The van der Waals surface area contributed by atoms with Gasteiger partial charge in [-0.05, 0) is 30.5 Å². The Hall–Kier alpha value is -1.59. The molecule has 0 radical (unpaired) electrons. The molecule has 2 aliphatic rings. The summed E-state index contributed by atoms with van der Waals surface area (Å²) in [4.78, 5) is 12.0. The van der Waals surface area contributed by atoms with Crippen molar-refractivity contribution in [2.75, 3.05) is 26.4 Å². The molecule has 108 valence electrons. The Bertz CT molecular complexity index is 498. The van der Waals surface area contributed by atoms with Crippen LogP contribution in [0.1, 0.15) is 34.8 Å². The lowest BCUT2D eigenvalue weighted by molar-refractivity contribution is 0.0447. The molecule has 2 aliphatic heterocycles. The van der Waals surface area contributed by atoms with Crippen molar-refractivity contribution in [2.45, 2.75) is 18.9 Å². The number of nitrogens with two attached hydrogens (primary N) is 1. The van der Waals surface area contributed by atoms with Crippen LogP contribution in [-0.2, 0) is 4.74 Å². The largest absolute Gasteiger partial charge is 0.491 e. The van der Waals surface area contributed by atoms with Gasteiger partial charge in [-0.3, -0.25) is 4.79 Å². The molecule has 2 atom stereocenters. The lowest BCUT2D eigenvalue weighted by Gasteiger charge is -2.28. The van der Waals surface area contributed by atoms with E-state index in [0.29, 0.717) is 37.0 Å². The topological polar surface area (TPSA) is 73.6 Å². The van der Waals surface area contributed by atoms with Gasteiger partial charge in [-0.1, -0.05) is 6.07 Å². The molecule has 3 N–H and O–H groups in total. The van der Waals surface area contributed by atoms with Gasteiger partial charge in [0.05, 0.1) is 18.7 Å². The Kier molecular flexibility index (Phi) is 3.89. The highest BCUT2D eigenvalue weighted by Crippen LogP contribution is 2.30. The first kappa shape index (κ1) is 13.4. The van der Waals surface area contributed by atoms with Crippen molar-refractivity contribution in [3.05, 3.63) is 29.3 Å². The summed E-state index contributed by atoms with van der Waals surface area (Å²) < 4.78 is 11.0. The van der Waals surface area contributed by atoms with Crippen molar-refractivity contribution >= 4 is 5.91 Å².